The van der Waals surface area contributed by atoms with E-state index in [0.717, 1.165) is 49.5 Å². The van der Waals surface area contributed by atoms with Crippen LogP contribution in [-0.2, 0) is 16.0 Å². The van der Waals surface area contributed by atoms with E-state index in [-0.39, 0.29) is 11.8 Å². The molecular formula is C20H32N4O3. The lowest BCUT2D eigenvalue weighted by atomic mass is 9.79. The summed E-state index contributed by atoms with van der Waals surface area (Å²) >= 11 is 0. The predicted molar refractivity (Wildman–Crippen MR) is 102 cm³/mol. The van der Waals surface area contributed by atoms with Crippen molar-refractivity contribution in [1.82, 2.24) is 20.3 Å². The zero-order chi connectivity index (χ0) is 19.6. The molecule has 150 valence electrons. The van der Waals surface area contributed by atoms with E-state index in [1.54, 1.807) is 19.0 Å². The summed E-state index contributed by atoms with van der Waals surface area (Å²) in [5.74, 6) is 2.09. The second-order valence-electron chi connectivity index (χ2n) is 8.34. The number of rotatable bonds is 6. The number of nitrogens with zero attached hydrogens (tertiary/aromatic N) is 3. The highest BCUT2D eigenvalue weighted by Gasteiger charge is 2.37. The molecule has 7 heteroatoms. The Morgan fingerprint density at radius 3 is 2.74 bits per heavy atom. The number of aryl methyl sites for hydroxylation is 2. The third-order valence-corrected chi connectivity index (χ3v) is 6.07. The number of fused-ring (bicyclic) bond motifs is 2. The van der Waals surface area contributed by atoms with Crippen LogP contribution in [0.25, 0.3) is 0 Å². The van der Waals surface area contributed by atoms with E-state index in [9.17, 15) is 9.59 Å². The van der Waals surface area contributed by atoms with Gasteiger partial charge >= 0.3 is 0 Å². The van der Waals surface area contributed by atoms with Crippen LogP contribution in [0.2, 0.25) is 0 Å². The summed E-state index contributed by atoms with van der Waals surface area (Å²) in [4.78, 5) is 28.3. The molecule has 0 aromatic carbocycles. The van der Waals surface area contributed by atoms with Gasteiger partial charge < -0.3 is 19.6 Å². The number of aromatic nitrogens is 1. The van der Waals surface area contributed by atoms with Crippen LogP contribution in [-0.4, -0.2) is 66.5 Å². The molecule has 7 nitrogen and oxygen atoms in total. The van der Waals surface area contributed by atoms with Crippen LogP contribution in [0.1, 0.15) is 42.7 Å². The number of hydrogen-bond donors (Lipinski definition) is 1. The first-order chi connectivity index (χ1) is 12.8. The molecule has 3 heterocycles. The molecule has 27 heavy (non-hydrogen) atoms. The van der Waals surface area contributed by atoms with Gasteiger partial charge in [0.15, 0.2) is 0 Å². The molecule has 2 saturated heterocycles. The monoisotopic (exact) mass is 376 g/mol. The maximum atomic E-state index is 12.9. The summed E-state index contributed by atoms with van der Waals surface area (Å²) in [5, 5.41) is 7.62. The number of amides is 2. The van der Waals surface area contributed by atoms with E-state index >= 15 is 0 Å². The normalized spacial score (nSPS) is 24.7. The summed E-state index contributed by atoms with van der Waals surface area (Å²) < 4.78 is 5.19. The maximum absolute atomic E-state index is 12.9. The molecule has 2 unspecified atom stereocenters. The van der Waals surface area contributed by atoms with Crippen molar-refractivity contribution in [1.29, 1.82) is 0 Å². The molecule has 3 atom stereocenters. The van der Waals surface area contributed by atoms with Crippen molar-refractivity contribution < 1.29 is 14.1 Å². The Bertz CT molecular complexity index is 665. The van der Waals surface area contributed by atoms with E-state index < -0.39 is 0 Å². The number of carbonyl (C=O) groups excluding carboxylic acids is 2. The highest BCUT2D eigenvalue weighted by molar-refractivity contribution is 5.79. The summed E-state index contributed by atoms with van der Waals surface area (Å²) in [6, 6.07) is 0.394. The van der Waals surface area contributed by atoms with Gasteiger partial charge in [-0.3, -0.25) is 9.59 Å². The molecule has 3 rings (SSSR count). The largest absolute Gasteiger partial charge is 0.361 e. The number of piperidine rings is 2. The van der Waals surface area contributed by atoms with Gasteiger partial charge in [0.25, 0.3) is 0 Å². The molecule has 1 N–H and O–H groups in total. The van der Waals surface area contributed by atoms with Gasteiger partial charge in [-0.25, -0.2) is 0 Å². The Morgan fingerprint density at radius 1 is 1.30 bits per heavy atom. The lowest BCUT2D eigenvalue weighted by Gasteiger charge is -2.46. The Balaban J connectivity index is 1.55. The van der Waals surface area contributed by atoms with Crippen LogP contribution in [0.5, 0.6) is 0 Å². The quantitative estimate of drug-likeness (QED) is 0.815. The molecule has 0 radical (unpaired) electrons. The van der Waals surface area contributed by atoms with Crippen molar-refractivity contribution in [3.8, 4) is 0 Å². The van der Waals surface area contributed by atoms with E-state index in [4.69, 9.17) is 4.52 Å². The molecule has 1 aromatic heterocycles. The molecule has 2 amide bonds. The third kappa shape index (κ3) is 4.69. The average Bonchev–Trinajstić information content (AvgIpc) is 2.95. The van der Waals surface area contributed by atoms with Gasteiger partial charge in [-0.15, -0.1) is 0 Å². The van der Waals surface area contributed by atoms with Crippen LogP contribution in [0.15, 0.2) is 4.52 Å². The maximum Gasteiger partial charge on any atom is 0.227 e. The number of carbonyl (C=O) groups is 2. The fraction of sp³-hybridized carbons (Fsp3) is 0.750. The van der Waals surface area contributed by atoms with Crippen molar-refractivity contribution in [2.75, 3.05) is 33.7 Å². The smallest absolute Gasteiger partial charge is 0.227 e. The van der Waals surface area contributed by atoms with Crippen LogP contribution >= 0.6 is 0 Å². The summed E-state index contributed by atoms with van der Waals surface area (Å²) in [5.41, 5.74) is 1.73. The first-order valence-corrected chi connectivity index (χ1v) is 9.98. The molecule has 2 fully saturated rings. The Kier molecular flexibility index (Phi) is 6.19. The summed E-state index contributed by atoms with van der Waals surface area (Å²) in [7, 11) is 3.60. The van der Waals surface area contributed by atoms with E-state index in [2.05, 4.69) is 10.5 Å². The van der Waals surface area contributed by atoms with Gasteiger partial charge in [-0.1, -0.05) is 5.16 Å². The van der Waals surface area contributed by atoms with Crippen molar-refractivity contribution >= 4 is 11.8 Å². The fourth-order valence-corrected chi connectivity index (χ4v) is 4.43. The van der Waals surface area contributed by atoms with E-state index in [1.807, 2.05) is 18.7 Å². The summed E-state index contributed by atoms with van der Waals surface area (Å²) in [6.45, 7) is 6.34. The number of nitrogens with one attached hydrogen (secondary N) is 1. The first kappa shape index (κ1) is 19.9. The Morgan fingerprint density at radius 2 is 2.07 bits per heavy atom. The van der Waals surface area contributed by atoms with Crippen LogP contribution < -0.4 is 5.32 Å². The topological polar surface area (TPSA) is 78.7 Å². The predicted octanol–water partition coefficient (Wildman–Crippen LogP) is 1.53. The van der Waals surface area contributed by atoms with Crippen LogP contribution in [0.3, 0.4) is 0 Å². The van der Waals surface area contributed by atoms with Gasteiger partial charge in [-0.2, -0.15) is 0 Å². The minimum absolute atomic E-state index is 0.169. The Hall–Kier alpha value is -1.89. The van der Waals surface area contributed by atoms with Gasteiger partial charge in [-0.05, 0) is 51.5 Å². The SMILES string of the molecule is Cc1noc(C)c1CC(=O)N1CC2CN[C@H](CCCC(=O)N(C)C)C(C2)C1. The van der Waals surface area contributed by atoms with Crippen LogP contribution in [0.4, 0.5) is 0 Å². The van der Waals surface area contributed by atoms with E-state index in [1.165, 1.54) is 6.42 Å². The molecule has 0 spiro atoms. The molecule has 2 aliphatic heterocycles. The molecular weight excluding hydrogens is 344 g/mol. The molecule has 2 aliphatic rings. The van der Waals surface area contributed by atoms with Crippen molar-refractivity contribution in [3.05, 3.63) is 17.0 Å². The molecule has 2 bridgehead atoms. The van der Waals surface area contributed by atoms with Crippen LogP contribution in [0, 0.1) is 25.7 Å². The molecule has 0 saturated carbocycles. The van der Waals surface area contributed by atoms with Crippen molar-refractivity contribution in [2.45, 2.75) is 52.0 Å². The zero-order valence-corrected chi connectivity index (χ0v) is 17.0. The highest BCUT2D eigenvalue weighted by atomic mass is 16.5. The fourth-order valence-electron chi connectivity index (χ4n) is 4.43. The standard InChI is InChI=1S/C20H32N4O3/c1-13-17(14(2)27-22-13)9-20(26)24-11-15-8-16(12-24)18(21-10-15)6-5-7-19(25)23(3)4/h15-16,18,21H,5-12H2,1-4H3/t15?,16?,18-/m1/s1. The highest BCUT2D eigenvalue weighted by Crippen LogP contribution is 2.31. The van der Waals surface area contributed by atoms with E-state index in [0.29, 0.717) is 30.7 Å². The zero-order valence-electron chi connectivity index (χ0n) is 17.0. The van der Waals surface area contributed by atoms with Gasteiger partial charge in [0.1, 0.15) is 5.76 Å². The van der Waals surface area contributed by atoms with Crippen molar-refractivity contribution in [2.24, 2.45) is 11.8 Å². The van der Waals surface area contributed by atoms with Gasteiger partial charge in [0, 0.05) is 45.2 Å². The van der Waals surface area contributed by atoms with Gasteiger partial charge in [0.05, 0.1) is 12.1 Å². The number of likely N-dealkylation sites (tertiary alicyclic amines) is 1. The minimum atomic E-state index is 0.169. The lowest BCUT2D eigenvalue weighted by Crippen LogP contribution is -2.57. The first-order valence-electron chi connectivity index (χ1n) is 9.98. The lowest BCUT2D eigenvalue weighted by molar-refractivity contribution is -0.134. The number of hydrogen-bond acceptors (Lipinski definition) is 5. The summed E-state index contributed by atoms with van der Waals surface area (Å²) in [6.07, 6.45) is 4.02. The van der Waals surface area contributed by atoms with Crippen molar-refractivity contribution in [3.63, 3.8) is 0 Å². The Labute approximate surface area is 161 Å². The van der Waals surface area contributed by atoms with Gasteiger partial charge in [0.2, 0.25) is 11.8 Å². The second kappa shape index (κ2) is 8.42. The molecule has 0 aliphatic carbocycles. The average molecular weight is 377 g/mol. The molecule has 1 aromatic rings. The minimum Gasteiger partial charge on any atom is -0.361 e. The second-order valence-corrected chi connectivity index (χ2v) is 8.34. The third-order valence-electron chi connectivity index (χ3n) is 6.07.